The van der Waals surface area contributed by atoms with Crippen molar-refractivity contribution in [2.75, 3.05) is 0 Å². The molecule has 0 atom stereocenters. The van der Waals surface area contributed by atoms with Crippen LogP contribution in [-0.4, -0.2) is 4.98 Å². The fourth-order valence-corrected chi connectivity index (χ4v) is 2.02. The predicted octanol–water partition coefficient (Wildman–Crippen LogP) is 5.07. The summed E-state index contributed by atoms with van der Waals surface area (Å²) in [6, 6.07) is 14.7. The first-order chi connectivity index (χ1) is 8.82. The van der Waals surface area contributed by atoms with Gasteiger partial charge in [0.05, 0.1) is 5.69 Å². The van der Waals surface area contributed by atoms with Gasteiger partial charge in [0, 0.05) is 11.8 Å². The second-order valence-corrected chi connectivity index (χ2v) is 6.67. The van der Waals surface area contributed by atoms with Gasteiger partial charge in [0.2, 0.25) is 0 Å². The summed E-state index contributed by atoms with van der Waals surface area (Å²) in [7, 11) is 0. The molecule has 0 saturated carbocycles. The molecule has 1 aromatic carbocycles. The molecular formula is C18H23N. The van der Waals surface area contributed by atoms with Crippen molar-refractivity contribution in [3.05, 3.63) is 54.2 Å². The average Bonchev–Trinajstić information content (AvgIpc) is 2.39. The third kappa shape index (κ3) is 2.70. The van der Waals surface area contributed by atoms with Crippen LogP contribution in [0.1, 0.15) is 40.2 Å². The van der Waals surface area contributed by atoms with E-state index in [0.29, 0.717) is 0 Å². The van der Waals surface area contributed by atoms with Crippen LogP contribution < -0.4 is 0 Å². The van der Waals surface area contributed by atoms with Crippen molar-refractivity contribution in [2.45, 2.75) is 40.0 Å². The van der Waals surface area contributed by atoms with Crippen molar-refractivity contribution in [2.24, 2.45) is 5.41 Å². The summed E-state index contributed by atoms with van der Waals surface area (Å²) in [5.74, 6) is 0. The molecule has 0 fully saturated rings. The van der Waals surface area contributed by atoms with E-state index in [1.54, 1.807) is 0 Å². The minimum Gasteiger partial charge on any atom is -0.256 e. The quantitative estimate of drug-likeness (QED) is 0.728. The van der Waals surface area contributed by atoms with Crippen molar-refractivity contribution in [3.63, 3.8) is 0 Å². The third-order valence-corrected chi connectivity index (χ3v) is 4.43. The number of rotatable bonds is 2. The Balaban J connectivity index is 2.47. The number of aromatic nitrogens is 1. The highest BCUT2D eigenvalue weighted by Crippen LogP contribution is 2.41. The topological polar surface area (TPSA) is 12.9 Å². The monoisotopic (exact) mass is 253 g/mol. The molecule has 19 heavy (non-hydrogen) atoms. The zero-order valence-electron chi connectivity index (χ0n) is 12.6. The molecule has 2 aromatic rings. The first-order valence-electron chi connectivity index (χ1n) is 6.84. The van der Waals surface area contributed by atoms with Gasteiger partial charge in [0.1, 0.15) is 0 Å². The van der Waals surface area contributed by atoms with E-state index in [2.05, 4.69) is 76.0 Å². The molecule has 1 heteroatoms. The Kier molecular flexibility index (Phi) is 3.49. The Morgan fingerprint density at radius 1 is 0.842 bits per heavy atom. The van der Waals surface area contributed by atoms with Gasteiger partial charge in [0.25, 0.3) is 0 Å². The third-order valence-electron chi connectivity index (χ3n) is 4.43. The Morgan fingerprint density at radius 2 is 1.47 bits per heavy atom. The number of hydrogen-bond acceptors (Lipinski definition) is 1. The van der Waals surface area contributed by atoms with Gasteiger partial charge in [-0.05, 0) is 28.5 Å². The van der Waals surface area contributed by atoms with E-state index in [1.165, 1.54) is 11.1 Å². The fraction of sp³-hybridized carbons (Fsp3) is 0.389. The second-order valence-electron chi connectivity index (χ2n) is 6.67. The highest BCUT2D eigenvalue weighted by atomic mass is 14.7. The molecule has 2 rings (SSSR count). The molecule has 0 aliphatic carbocycles. The van der Waals surface area contributed by atoms with E-state index in [9.17, 15) is 0 Å². The molecule has 0 radical (unpaired) electrons. The fourth-order valence-electron chi connectivity index (χ4n) is 2.02. The highest BCUT2D eigenvalue weighted by Gasteiger charge is 2.34. The van der Waals surface area contributed by atoms with Crippen LogP contribution in [0, 0.1) is 5.41 Å². The smallest absolute Gasteiger partial charge is 0.0704 e. The molecule has 0 amide bonds. The van der Waals surface area contributed by atoms with Crippen molar-refractivity contribution < 1.29 is 0 Å². The standard InChI is InChI=1S/C18H23N/c1-17(2,3)18(4,5)15-11-12-19-16(13-15)14-9-7-6-8-10-14/h6-13H,1-5H3. The lowest BCUT2D eigenvalue weighted by atomic mass is 9.65. The summed E-state index contributed by atoms with van der Waals surface area (Å²) < 4.78 is 0. The lowest BCUT2D eigenvalue weighted by Gasteiger charge is -2.39. The van der Waals surface area contributed by atoms with Gasteiger partial charge in [-0.1, -0.05) is 65.0 Å². The van der Waals surface area contributed by atoms with Crippen molar-refractivity contribution in [1.82, 2.24) is 4.98 Å². The Bertz CT molecular complexity index is 547. The Labute approximate surface area is 116 Å². The van der Waals surface area contributed by atoms with Crippen molar-refractivity contribution in [1.29, 1.82) is 0 Å². The molecule has 1 nitrogen and oxygen atoms in total. The molecule has 0 unspecified atom stereocenters. The summed E-state index contributed by atoms with van der Waals surface area (Å²) in [5, 5.41) is 0. The molecule has 0 saturated heterocycles. The number of hydrogen-bond donors (Lipinski definition) is 0. The van der Waals surface area contributed by atoms with Crippen LogP contribution >= 0.6 is 0 Å². The van der Waals surface area contributed by atoms with Gasteiger partial charge in [0.15, 0.2) is 0 Å². The molecule has 0 aliphatic rings. The first-order valence-corrected chi connectivity index (χ1v) is 6.84. The van der Waals surface area contributed by atoms with Crippen LogP contribution in [0.2, 0.25) is 0 Å². The average molecular weight is 253 g/mol. The number of nitrogens with zero attached hydrogens (tertiary/aromatic N) is 1. The van der Waals surface area contributed by atoms with Crippen LogP contribution in [0.5, 0.6) is 0 Å². The van der Waals surface area contributed by atoms with Gasteiger partial charge >= 0.3 is 0 Å². The van der Waals surface area contributed by atoms with Gasteiger partial charge < -0.3 is 0 Å². The molecule has 1 heterocycles. The van der Waals surface area contributed by atoms with Crippen LogP contribution in [0.25, 0.3) is 11.3 Å². The minimum absolute atomic E-state index is 0.111. The summed E-state index contributed by atoms with van der Waals surface area (Å²) in [4.78, 5) is 4.51. The van der Waals surface area contributed by atoms with Gasteiger partial charge in [-0.25, -0.2) is 0 Å². The van der Waals surface area contributed by atoms with Gasteiger partial charge in [-0.3, -0.25) is 4.98 Å². The number of benzene rings is 1. The lowest BCUT2D eigenvalue weighted by molar-refractivity contribution is 0.225. The normalized spacial score (nSPS) is 12.5. The molecule has 0 bridgehead atoms. The van der Waals surface area contributed by atoms with E-state index >= 15 is 0 Å². The molecule has 0 spiro atoms. The molecule has 0 aliphatic heterocycles. The zero-order chi connectivity index (χ0) is 14.1. The maximum Gasteiger partial charge on any atom is 0.0704 e. The van der Waals surface area contributed by atoms with Gasteiger partial charge in [-0.15, -0.1) is 0 Å². The lowest BCUT2D eigenvalue weighted by Crippen LogP contribution is -2.33. The summed E-state index contributed by atoms with van der Waals surface area (Å²) >= 11 is 0. The zero-order valence-corrected chi connectivity index (χ0v) is 12.6. The summed E-state index contributed by atoms with van der Waals surface area (Å²) in [5.41, 5.74) is 3.89. The Hall–Kier alpha value is -1.63. The van der Waals surface area contributed by atoms with E-state index in [0.717, 1.165) is 5.69 Å². The van der Waals surface area contributed by atoms with E-state index in [4.69, 9.17) is 0 Å². The van der Waals surface area contributed by atoms with Crippen LogP contribution in [0.15, 0.2) is 48.7 Å². The van der Waals surface area contributed by atoms with Crippen LogP contribution in [0.4, 0.5) is 0 Å². The summed E-state index contributed by atoms with van der Waals surface area (Å²) in [6.07, 6.45) is 1.92. The Morgan fingerprint density at radius 3 is 2.05 bits per heavy atom. The van der Waals surface area contributed by atoms with Crippen molar-refractivity contribution >= 4 is 0 Å². The number of pyridine rings is 1. The SMILES string of the molecule is CC(C)(C)C(C)(C)c1ccnc(-c2ccccc2)c1. The molecular weight excluding hydrogens is 230 g/mol. The maximum absolute atomic E-state index is 4.51. The highest BCUT2D eigenvalue weighted by molar-refractivity contribution is 5.59. The maximum atomic E-state index is 4.51. The van der Waals surface area contributed by atoms with Crippen LogP contribution in [-0.2, 0) is 5.41 Å². The second kappa shape index (κ2) is 4.80. The minimum atomic E-state index is 0.111. The van der Waals surface area contributed by atoms with E-state index in [-0.39, 0.29) is 10.8 Å². The molecule has 0 N–H and O–H groups in total. The molecule has 100 valence electrons. The summed E-state index contributed by atoms with van der Waals surface area (Å²) in [6.45, 7) is 11.5. The molecule has 1 aromatic heterocycles. The van der Waals surface area contributed by atoms with E-state index in [1.807, 2.05) is 12.3 Å². The first kappa shape index (κ1) is 13.8. The van der Waals surface area contributed by atoms with Gasteiger partial charge in [-0.2, -0.15) is 0 Å². The van der Waals surface area contributed by atoms with Crippen molar-refractivity contribution in [3.8, 4) is 11.3 Å². The predicted molar refractivity (Wildman–Crippen MR) is 82.2 cm³/mol. The van der Waals surface area contributed by atoms with E-state index < -0.39 is 0 Å². The largest absolute Gasteiger partial charge is 0.256 e. The van der Waals surface area contributed by atoms with Crippen LogP contribution in [0.3, 0.4) is 0 Å².